The van der Waals surface area contributed by atoms with Crippen molar-refractivity contribution in [2.75, 3.05) is 0 Å². The predicted octanol–water partition coefficient (Wildman–Crippen LogP) is 7.64. The van der Waals surface area contributed by atoms with Crippen LogP contribution in [0.25, 0.3) is 0 Å². The van der Waals surface area contributed by atoms with Gasteiger partial charge in [0, 0.05) is 12.6 Å². The first-order chi connectivity index (χ1) is 14.0. The third kappa shape index (κ3) is 7.24. The van der Waals surface area contributed by atoms with E-state index in [1.807, 2.05) is 18.5 Å². The third-order valence-corrected chi connectivity index (χ3v) is 4.47. The van der Waals surface area contributed by atoms with E-state index in [1.165, 1.54) is 16.7 Å². The Bertz CT molecular complexity index is 927. The van der Waals surface area contributed by atoms with Gasteiger partial charge in [0.2, 0.25) is 0 Å². The van der Waals surface area contributed by atoms with E-state index < -0.39 is 0 Å². The van der Waals surface area contributed by atoms with Crippen LogP contribution in [0.3, 0.4) is 0 Å². The van der Waals surface area contributed by atoms with Crippen molar-refractivity contribution >= 4 is 49.7 Å². The van der Waals surface area contributed by atoms with Gasteiger partial charge in [0.25, 0.3) is 0 Å². The Hall–Kier alpha value is -1.71. The van der Waals surface area contributed by atoms with E-state index in [0.29, 0.717) is 5.92 Å². The van der Waals surface area contributed by atoms with Crippen LogP contribution < -0.4 is 0 Å². The molecule has 1 aliphatic heterocycles. The van der Waals surface area contributed by atoms with Crippen molar-refractivity contribution in [2.45, 2.75) is 40.0 Å². The van der Waals surface area contributed by atoms with Crippen molar-refractivity contribution < 1.29 is 13.1 Å². The van der Waals surface area contributed by atoms with Gasteiger partial charge in [-0.1, -0.05) is 56.3 Å². The zero-order valence-corrected chi connectivity index (χ0v) is 19.6. The molecule has 29 heavy (non-hydrogen) atoms. The van der Waals surface area contributed by atoms with E-state index in [0.717, 1.165) is 29.2 Å². The zero-order chi connectivity index (χ0) is 21.2. The molecule has 0 saturated heterocycles. The molecule has 2 aromatic carbocycles. The molecule has 3 rings (SSSR count). The van der Waals surface area contributed by atoms with E-state index in [-0.39, 0.29) is 13.1 Å². The first kappa shape index (κ1) is 23.6. The van der Waals surface area contributed by atoms with Crippen molar-refractivity contribution in [3.8, 4) is 0 Å². The van der Waals surface area contributed by atoms with Gasteiger partial charge in [0.1, 0.15) is 0 Å². The molecule has 0 radical (unpaired) electrons. The molecule has 0 atom stereocenters. The molecule has 1 heterocycles. The summed E-state index contributed by atoms with van der Waals surface area (Å²) in [5.41, 5.74) is 7.51. The molecule has 154 valence electrons. The Kier molecular flexibility index (Phi) is 9.83. The topological polar surface area (TPSA) is 37.1 Å². The molecular weight excluding hydrogens is 445 g/mol. The van der Waals surface area contributed by atoms with Crippen molar-refractivity contribution in [2.24, 2.45) is 15.0 Å². The Morgan fingerprint density at radius 3 is 2.28 bits per heavy atom. The Morgan fingerprint density at radius 2 is 1.62 bits per heavy atom. The molecule has 0 saturated carbocycles. The van der Waals surface area contributed by atoms with Gasteiger partial charge in [0.05, 0.1) is 29.0 Å². The van der Waals surface area contributed by atoms with Crippen LogP contribution in [-0.2, 0) is 13.1 Å². The second-order valence-corrected chi connectivity index (χ2v) is 8.78. The molecule has 0 N–H and O–H groups in total. The van der Waals surface area contributed by atoms with Crippen LogP contribution in [-0.4, -0.2) is 18.1 Å². The van der Waals surface area contributed by atoms with Crippen LogP contribution >= 0.6 is 20.2 Å². The first-order valence-corrected chi connectivity index (χ1v) is 12.4. The molecule has 0 bridgehead atoms. The maximum absolute atomic E-state index is 4.76. The molecule has 2 aromatic rings. The SMILES string of the molecule is Cc1cccc(C)c1N=CC1=CCC(C=Nc2ccccc2C(C)C)=N1.[Cl][Fe][Cl]. The molecule has 1 aliphatic rings. The van der Waals surface area contributed by atoms with E-state index in [9.17, 15) is 0 Å². The number of hydrogen-bond donors (Lipinski definition) is 0. The fourth-order valence-electron chi connectivity index (χ4n) is 3.01. The minimum absolute atomic E-state index is 0.194. The summed E-state index contributed by atoms with van der Waals surface area (Å²) >= 11 is 0.194. The third-order valence-electron chi connectivity index (χ3n) is 4.47. The van der Waals surface area contributed by atoms with Crippen LogP contribution in [0, 0.1) is 13.8 Å². The van der Waals surface area contributed by atoms with Crippen molar-refractivity contribution in [1.29, 1.82) is 0 Å². The number of aryl methyl sites for hydroxylation is 2. The molecule has 0 aliphatic carbocycles. The van der Waals surface area contributed by atoms with Gasteiger partial charge in [-0.3, -0.25) is 15.0 Å². The minimum atomic E-state index is 0.194. The van der Waals surface area contributed by atoms with Gasteiger partial charge in [-0.15, -0.1) is 0 Å². The molecule has 0 amide bonds. The van der Waals surface area contributed by atoms with E-state index in [1.54, 1.807) is 0 Å². The molecule has 6 heteroatoms. The van der Waals surface area contributed by atoms with Crippen molar-refractivity contribution in [3.05, 3.63) is 70.9 Å². The van der Waals surface area contributed by atoms with E-state index >= 15 is 0 Å². The summed E-state index contributed by atoms with van der Waals surface area (Å²) in [5, 5.41) is 0. The second kappa shape index (κ2) is 12.1. The van der Waals surface area contributed by atoms with Crippen LogP contribution in [0.5, 0.6) is 0 Å². The normalized spacial score (nSPS) is 13.8. The number of hydrogen-bond acceptors (Lipinski definition) is 3. The molecule has 3 nitrogen and oxygen atoms in total. The van der Waals surface area contributed by atoms with Gasteiger partial charge in [-0.05, 0) is 42.5 Å². The first-order valence-electron chi connectivity index (χ1n) is 9.32. The summed E-state index contributed by atoms with van der Waals surface area (Å²) in [6, 6.07) is 14.5. The summed E-state index contributed by atoms with van der Waals surface area (Å²) < 4.78 is 0. The number of benzene rings is 2. The number of allylic oxidation sites excluding steroid dienone is 2. The van der Waals surface area contributed by atoms with Gasteiger partial charge in [-0.2, -0.15) is 0 Å². The number of para-hydroxylation sites is 2. The number of aliphatic imine (C=N–C) groups is 3. The Labute approximate surface area is 188 Å². The van der Waals surface area contributed by atoms with Crippen LogP contribution in [0.2, 0.25) is 0 Å². The van der Waals surface area contributed by atoms with Crippen LogP contribution in [0.4, 0.5) is 11.4 Å². The monoisotopic (exact) mass is 469 g/mol. The number of nitrogens with zero attached hydrogens (tertiary/aromatic N) is 3. The predicted molar refractivity (Wildman–Crippen MR) is 125 cm³/mol. The van der Waals surface area contributed by atoms with E-state index in [4.69, 9.17) is 20.2 Å². The molecule has 0 aromatic heterocycles. The Balaban J connectivity index is 0.000000941. The summed E-state index contributed by atoms with van der Waals surface area (Å²) in [7, 11) is 9.53. The fourth-order valence-corrected chi connectivity index (χ4v) is 3.01. The van der Waals surface area contributed by atoms with Gasteiger partial charge in [0.15, 0.2) is 0 Å². The summed E-state index contributed by atoms with van der Waals surface area (Å²) in [6.07, 6.45) is 6.60. The van der Waals surface area contributed by atoms with E-state index in [2.05, 4.69) is 85.1 Å². The van der Waals surface area contributed by atoms with Crippen molar-refractivity contribution in [1.82, 2.24) is 0 Å². The quantitative estimate of drug-likeness (QED) is 0.318. The van der Waals surface area contributed by atoms with Gasteiger partial charge < -0.3 is 0 Å². The van der Waals surface area contributed by atoms with Crippen LogP contribution in [0.15, 0.2) is 69.2 Å². The average molecular weight is 470 g/mol. The fraction of sp³-hybridized carbons (Fsp3) is 0.261. The summed E-state index contributed by atoms with van der Waals surface area (Å²) in [5.74, 6) is 0.451. The van der Waals surface area contributed by atoms with Crippen LogP contribution in [0.1, 0.15) is 42.9 Å². The number of halogens is 2. The standard InChI is InChI=1S/C23H25N3.2ClH.Fe/c1-16(2)21-10-5-6-11-22(21)24-14-19-12-13-20(26-19)15-25-23-17(3)8-7-9-18(23)4;;;/h5-11,13-16H,12H2,1-4H3;2*1H;/q;;;+2/p-2. The second-order valence-electron chi connectivity index (χ2n) is 6.96. The Morgan fingerprint density at radius 1 is 0.966 bits per heavy atom. The zero-order valence-electron chi connectivity index (χ0n) is 17.0. The van der Waals surface area contributed by atoms with Gasteiger partial charge in [-0.25, -0.2) is 0 Å². The van der Waals surface area contributed by atoms with Crippen molar-refractivity contribution in [3.63, 3.8) is 0 Å². The molecule has 0 unspecified atom stereocenters. The molecular formula is C23H25Cl2FeN3. The number of rotatable bonds is 5. The van der Waals surface area contributed by atoms with Gasteiger partial charge >= 0.3 is 33.3 Å². The maximum atomic E-state index is 4.76. The summed E-state index contributed by atoms with van der Waals surface area (Å²) in [6.45, 7) is 8.53. The molecule has 0 fully saturated rings. The summed E-state index contributed by atoms with van der Waals surface area (Å²) in [4.78, 5) is 13.9. The molecule has 0 spiro atoms. The average Bonchev–Trinajstić information content (AvgIpc) is 3.14.